The molecule has 0 aromatic carbocycles. The summed E-state index contributed by atoms with van der Waals surface area (Å²) in [4.78, 5) is 21.5. The van der Waals surface area contributed by atoms with E-state index in [1.165, 1.54) is 37.1 Å². The first-order valence-electron chi connectivity index (χ1n) is 7.07. The number of carbonyl (C=O) groups excluding carboxylic acids is 1. The summed E-state index contributed by atoms with van der Waals surface area (Å²) in [5.41, 5.74) is 0. The van der Waals surface area contributed by atoms with Crippen LogP contribution in [-0.4, -0.2) is 48.4 Å². The van der Waals surface area contributed by atoms with E-state index >= 15 is 0 Å². The van der Waals surface area contributed by atoms with Crippen LogP contribution in [-0.2, 0) is 0 Å². The summed E-state index contributed by atoms with van der Waals surface area (Å²) in [5, 5.41) is 1.02. The predicted octanol–water partition coefficient (Wildman–Crippen LogP) is 2.27. The van der Waals surface area contributed by atoms with Crippen LogP contribution in [0.4, 0.5) is 5.13 Å². The molecule has 3 heterocycles. The van der Waals surface area contributed by atoms with Gasteiger partial charge >= 0.3 is 0 Å². The van der Waals surface area contributed by atoms with Crippen molar-refractivity contribution < 1.29 is 4.79 Å². The average molecular weight is 279 g/mol. The number of piperidine rings is 2. The van der Waals surface area contributed by atoms with Crippen molar-refractivity contribution in [2.24, 2.45) is 5.92 Å². The number of carbonyl (C=O) groups is 1. The molecule has 5 heteroatoms. The van der Waals surface area contributed by atoms with Gasteiger partial charge in [0.15, 0.2) is 10.9 Å². The van der Waals surface area contributed by atoms with Crippen LogP contribution in [0.2, 0.25) is 0 Å². The van der Waals surface area contributed by atoms with Gasteiger partial charge in [-0.05, 0) is 38.8 Å². The fraction of sp³-hybridized carbons (Fsp3) is 0.714. The van der Waals surface area contributed by atoms with Gasteiger partial charge in [0.05, 0.1) is 11.1 Å². The molecule has 0 aliphatic carbocycles. The van der Waals surface area contributed by atoms with Gasteiger partial charge in [0.2, 0.25) is 0 Å². The summed E-state index contributed by atoms with van der Waals surface area (Å²) >= 11 is 1.54. The van der Waals surface area contributed by atoms with Crippen LogP contribution in [0.3, 0.4) is 0 Å². The van der Waals surface area contributed by atoms with E-state index in [1.54, 1.807) is 13.1 Å². The Kier molecular flexibility index (Phi) is 3.58. The van der Waals surface area contributed by atoms with E-state index in [0.29, 0.717) is 0 Å². The monoisotopic (exact) mass is 279 g/mol. The molecule has 4 nitrogen and oxygen atoms in total. The smallest absolute Gasteiger partial charge is 0.185 e. The molecule has 0 spiro atoms. The van der Waals surface area contributed by atoms with Crippen molar-refractivity contribution >= 4 is 22.3 Å². The lowest BCUT2D eigenvalue weighted by molar-refractivity contribution is 0.102. The van der Waals surface area contributed by atoms with E-state index in [1.807, 2.05) is 0 Å². The summed E-state index contributed by atoms with van der Waals surface area (Å²) in [5.74, 6) is 0.883. The zero-order chi connectivity index (χ0) is 13.4. The molecular formula is C14H21N3OS. The molecule has 0 amide bonds. The van der Waals surface area contributed by atoms with Gasteiger partial charge in [-0.25, -0.2) is 4.98 Å². The molecule has 2 aliphatic rings. The molecule has 0 saturated carbocycles. The van der Waals surface area contributed by atoms with Crippen molar-refractivity contribution in [3.63, 3.8) is 0 Å². The minimum Gasteiger partial charge on any atom is -0.348 e. The highest BCUT2D eigenvalue weighted by Crippen LogP contribution is 2.33. The third-order valence-electron chi connectivity index (χ3n) is 4.46. The van der Waals surface area contributed by atoms with Gasteiger partial charge in [-0.15, -0.1) is 0 Å². The van der Waals surface area contributed by atoms with E-state index in [4.69, 9.17) is 0 Å². The Morgan fingerprint density at radius 3 is 3.00 bits per heavy atom. The van der Waals surface area contributed by atoms with Crippen LogP contribution in [0, 0.1) is 5.92 Å². The first-order valence-corrected chi connectivity index (χ1v) is 7.89. The van der Waals surface area contributed by atoms with Gasteiger partial charge in [-0.2, -0.15) is 0 Å². The van der Waals surface area contributed by atoms with Gasteiger partial charge < -0.3 is 9.80 Å². The van der Waals surface area contributed by atoms with Gasteiger partial charge in [0, 0.05) is 26.1 Å². The van der Waals surface area contributed by atoms with E-state index in [0.717, 1.165) is 35.1 Å². The highest BCUT2D eigenvalue weighted by atomic mass is 32.1. The van der Waals surface area contributed by atoms with E-state index in [-0.39, 0.29) is 5.78 Å². The summed E-state index contributed by atoms with van der Waals surface area (Å²) in [7, 11) is 2.25. The van der Waals surface area contributed by atoms with Crippen LogP contribution < -0.4 is 4.90 Å². The number of Topliss-reactive ketones (excluding diaryl/α,β-unsaturated/α-hetero) is 1. The number of anilines is 1. The largest absolute Gasteiger partial charge is 0.348 e. The number of rotatable bonds is 2. The Bertz CT molecular complexity index is 473. The SMILES string of the molecule is CC(=O)c1cnc(N2CCC3C(CCCN3C)C2)s1. The second kappa shape index (κ2) is 5.21. The standard InChI is InChI=1S/C14H21N3OS/c1-10(18)13-8-15-14(19-13)17-7-5-12-11(9-17)4-3-6-16(12)2/h8,11-12H,3-7,9H2,1-2H3. The van der Waals surface area contributed by atoms with Gasteiger partial charge in [0.1, 0.15) is 0 Å². The molecule has 0 radical (unpaired) electrons. The van der Waals surface area contributed by atoms with Crippen LogP contribution in [0.5, 0.6) is 0 Å². The van der Waals surface area contributed by atoms with E-state index in [2.05, 4.69) is 21.8 Å². The van der Waals surface area contributed by atoms with Crippen LogP contribution >= 0.6 is 11.3 Å². The molecular weight excluding hydrogens is 258 g/mol. The second-order valence-corrected chi connectivity index (χ2v) is 6.76. The maximum Gasteiger partial charge on any atom is 0.185 e. The lowest BCUT2D eigenvalue weighted by Crippen LogP contribution is -2.52. The van der Waals surface area contributed by atoms with Crippen molar-refractivity contribution in [1.29, 1.82) is 0 Å². The molecule has 2 fully saturated rings. The summed E-state index contributed by atoms with van der Waals surface area (Å²) in [6, 6.07) is 0.747. The van der Waals surface area contributed by atoms with Crippen LogP contribution in [0.25, 0.3) is 0 Å². The Morgan fingerprint density at radius 1 is 1.42 bits per heavy atom. The van der Waals surface area contributed by atoms with Crippen molar-refractivity contribution in [2.45, 2.75) is 32.2 Å². The summed E-state index contributed by atoms with van der Waals surface area (Å²) < 4.78 is 0. The Hall–Kier alpha value is -0.940. The van der Waals surface area contributed by atoms with Crippen molar-refractivity contribution in [3.8, 4) is 0 Å². The first kappa shape index (κ1) is 13.1. The quantitative estimate of drug-likeness (QED) is 0.778. The van der Waals surface area contributed by atoms with Crippen LogP contribution in [0.15, 0.2) is 6.20 Å². The van der Waals surface area contributed by atoms with Crippen molar-refractivity contribution in [3.05, 3.63) is 11.1 Å². The minimum absolute atomic E-state index is 0.121. The van der Waals surface area contributed by atoms with Crippen molar-refractivity contribution in [1.82, 2.24) is 9.88 Å². The normalized spacial score (nSPS) is 28.2. The lowest BCUT2D eigenvalue weighted by Gasteiger charge is -2.45. The highest BCUT2D eigenvalue weighted by molar-refractivity contribution is 7.17. The fourth-order valence-corrected chi connectivity index (χ4v) is 4.25. The minimum atomic E-state index is 0.121. The zero-order valence-electron chi connectivity index (χ0n) is 11.6. The van der Waals surface area contributed by atoms with Crippen molar-refractivity contribution in [2.75, 3.05) is 31.6 Å². The number of ketones is 1. The average Bonchev–Trinajstić information content (AvgIpc) is 2.88. The Labute approximate surface area is 118 Å². The molecule has 1 aromatic heterocycles. The predicted molar refractivity (Wildman–Crippen MR) is 78.1 cm³/mol. The number of fused-ring (bicyclic) bond motifs is 1. The molecule has 19 heavy (non-hydrogen) atoms. The third kappa shape index (κ3) is 2.54. The molecule has 104 valence electrons. The van der Waals surface area contributed by atoms with E-state index in [9.17, 15) is 4.79 Å². The van der Waals surface area contributed by atoms with Crippen LogP contribution in [0.1, 0.15) is 35.9 Å². The third-order valence-corrected chi connectivity index (χ3v) is 5.62. The molecule has 2 aliphatic heterocycles. The molecule has 2 saturated heterocycles. The number of thiazole rings is 1. The molecule has 0 N–H and O–H groups in total. The first-order chi connectivity index (χ1) is 9.15. The zero-order valence-corrected chi connectivity index (χ0v) is 12.4. The van der Waals surface area contributed by atoms with E-state index < -0.39 is 0 Å². The number of likely N-dealkylation sites (tertiary alicyclic amines) is 1. The van der Waals surface area contributed by atoms with Gasteiger partial charge in [0.25, 0.3) is 0 Å². The maximum atomic E-state index is 11.4. The molecule has 3 rings (SSSR count). The highest BCUT2D eigenvalue weighted by Gasteiger charge is 2.34. The maximum absolute atomic E-state index is 11.4. The molecule has 1 aromatic rings. The number of hydrogen-bond acceptors (Lipinski definition) is 5. The fourth-order valence-electron chi connectivity index (χ4n) is 3.40. The lowest BCUT2D eigenvalue weighted by atomic mass is 9.84. The Morgan fingerprint density at radius 2 is 2.26 bits per heavy atom. The summed E-state index contributed by atoms with van der Waals surface area (Å²) in [6.45, 7) is 5.02. The van der Waals surface area contributed by atoms with Gasteiger partial charge in [-0.1, -0.05) is 11.3 Å². The molecule has 2 unspecified atom stereocenters. The number of hydrogen-bond donors (Lipinski definition) is 0. The number of aromatic nitrogens is 1. The summed E-state index contributed by atoms with van der Waals surface area (Å²) in [6.07, 6.45) is 5.58. The van der Waals surface area contributed by atoms with Gasteiger partial charge in [-0.3, -0.25) is 4.79 Å². The Balaban J connectivity index is 1.71. The topological polar surface area (TPSA) is 36.4 Å². The molecule has 0 bridgehead atoms. The molecule has 2 atom stereocenters. The second-order valence-electron chi connectivity index (χ2n) is 5.75. The number of nitrogens with zero attached hydrogens (tertiary/aromatic N) is 3.